The van der Waals surface area contributed by atoms with Crippen LogP contribution in [0.4, 0.5) is 17.6 Å². The normalized spacial score (nSPS) is 14.9. The molecule has 134 valence electrons. The molecule has 1 aromatic heterocycles. The number of aromatic nitrogens is 1. The van der Waals surface area contributed by atoms with E-state index in [0.717, 1.165) is 17.3 Å². The van der Waals surface area contributed by atoms with Gasteiger partial charge in [0.2, 0.25) is 0 Å². The molecule has 2 nitrogen and oxygen atoms in total. The molecule has 0 saturated heterocycles. The maximum Gasteiger partial charge on any atom is 0.256 e. The number of hydrogen-bond acceptors (Lipinski definition) is 2. The second kappa shape index (κ2) is 7.61. The summed E-state index contributed by atoms with van der Waals surface area (Å²) in [5.41, 5.74) is 0.961. The van der Waals surface area contributed by atoms with Gasteiger partial charge < -0.3 is 4.90 Å². The Kier molecular flexibility index (Phi) is 5.45. The van der Waals surface area contributed by atoms with Gasteiger partial charge in [-0.25, -0.2) is 17.6 Å². The van der Waals surface area contributed by atoms with Crippen LogP contribution in [0, 0.1) is 11.6 Å². The molecule has 26 heavy (non-hydrogen) atoms. The molecule has 1 aliphatic rings. The maximum atomic E-state index is 14.5. The second-order valence-corrected chi connectivity index (χ2v) is 6.71. The van der Waals surface area contributed by atoms with Crippen LogP contribution in [0.5, 0.6) is 0 Å². The van der Waals surface area contributed by atoms with Crippen molar-refractivity contribution < 1.29 is 17.6 Å². The van der Waals surface area contributed by atoms with Gasteiger partial charge in [-0.1, -0.05) is 36.9 Å². The number of nitrogens with zero attached hydrogens (tertiary/aromatic N) is 2. The maximum absolute atomic E-state index is 14.5. The number of rotatable bonds is 4. The fourth-order valence-corrected chi connectivity index (χ4v) is 3.37. The lowest BCUT2D eigenvalue weighted by molar-refractivity contribution is 0.123. The van der Waals surface area contributed by atoms with Crippen LogP contribution >= 0.6 is 22.6 Å². The quantitative estimate of drug-likeness (QED) is 0.423. The molecule has 0 atom stereocenters. The Morgan fingerprint density at radius 1 is 1.08 bits per heavy atom. The van der Waals surface area contributed by atoms with E-state index in [9.17, 15) is 17.6 Å². The van der Waals surface area contributed by atoms with E-state index >= 15 is 0 Å². The fraction of sp³-hybridized carbons (Fsp3) is 0.105. The van der Waals surface area contributed by atoms with Crippen molar-refractivity contribution in [3.63, 3.8) is 0 Å². The third-order valence-electron chi connectivity index (χ3n) is 3.89. The lowest BCUT2D eigenvalue weighted by Gasteiger charge is -2.34. The van der Waals surface area contributed by atoms with Gasteiger partial charge in [0.05, 0.1) is 30.2 Å². The first-order valence-corrected chi connectivity index (χ1v) is 8.69. The Balaban J connectivity index is 2.35. The number of hydrogen-bond donors (Lipinski definition) is 0. The zero-order valence-corrected chi connectivity index (χ0v) is 15.6. The number of pyridine rings is 1. The van der Waals surface area contributed by atoms with Crippen LogP contribution < -0.4 is 0 Å². The van der Waals surface area contributed by atoms with Crippen molar-refractivity contribution in [1.29, 1.82) is 0 Å². The molecule has 0 spiro atoms. The monoisotopic (exact) mass is 472 g/mol. The summed E-state index contributed by atoms with van der Waals surface area (Å²) < 4.78 is 55.9. The molecule has 1 aromatic carbocycles. The summed E-state index contributed by atoms with van der Waals surface area (Å²) in [6.07, 6.45) is 0.699. The summed E-state index contributed by atoms with van der Waals surface area (Å²) >= 11 is 1.97. The van der Waals surface area contributed by atoms with Gasteiger partial charge in [0.15, 0.2) is 11.6 Å². The minimum Gasteiger partial charge on any atom is -0.334 e. The van der Waals surface area contributed by atoms with E-state index in [1.54, 1.807) is 36.4 Å². The highest BCUT2D eigenvalue weighted by Crippen LogP contribution is 2.42. The third-order valence-corrected chi connectivity index (χ3v) is 4.83. The highest BCUT2D eigenvalue weighted by atomic mass is 127. The minimum absolute atomic E-state index is 0.0133. The minimum atomic E-state index is -2.71. The van der Waals surface area contributed by atoms with Gasteiger partial charge in [0.25, 0.3) is 6.43 Å². The van der Waals surface area contributed by atoms with Crippen LogP contribution in [0.25, 0.3) is 11.3 Å². The summed E-state index contributed by atoms with van der Waals surface area (Å²) in [4.78, 5) is 4.64. The predicted molar refractivity (Wildman–Crippen MR) is 101 cm³/mol. The van der Waals surface area contributed by atoms with Gasteiger partial charge in [-0.15, -0.1) is 0 Å². The molecule has 7 heteroatoms. The molecule has 2 heterocycles. The highest BCUT2D eigenvalue weighted by Gasteiger charge is 2.31. The molecule has 2 aromatic rings. The molecule has 0 amide bonds. The molecular weight excluding hydrogens is 459 g/mol. The number of alkyl halides is 2. The van der Waals surface area contributed by atoms with E-state index in [4.69, 9.17) is 0 Å². The third kappa shape index (κ3) is 3.53. The fourth-order valence-electron chi connectivity index (χ4n) is 2.77. The van der Waals surface area contributed by atoms with Gasteiger partial charge in [-0.2, -0.15) is 0 Å². The van der Waals surface area contributed by atoms with Crippen molar-refractivity contribution in [1.82, 2.24) is 9.88 Å². The SMILES string of the molecule is C=C1C(I)=CC(c2ccccc2)=C(c2c(F)cncc2F)N1CC(F)F. The molecule has 0 saturated carbocycles. The van der Waals surface area contributed by atoms with Crippen molar-refractivity contribution in [3.8, 4) is 0 Å². The second-order valence-electron chi connectivity index (χ2n) is 5.55. The van der Waals surface area contributed by atoms with Crippen molar-refractivity contribution >= 4 is 33.9 Å². The van der Waals surface area contributed by atoms with Crippen molar-refractivity contribution in [3.05, 3.63) is 87.4 Å². The lowest BCUT2D eigenvalue weighted by atomic mass is 9.95. The Labute approximate surface area is 161 Å². The van der Waals surface area contributed by atoms with Crippen molar-refractivity contribution in [2.75, 3.05) is 6.54 Å². The predicted octanol–water partition coefficient (Wildman–Crippen LogP) is 5.64. The first kappa shape index (κ1) is 18.6. The molecule has 0 fully saturated rings. The van der Waals surface area contributed by atoms with Gasteiger partial charge in [0.1, 0.15) is 0 Å². The van der Waals surface area contributed by atoms with Crippen LogP contribution in [-0.4, -0.2) is 22.9 Å². The average molecular weight is 472 g/mol. The summed E-state index contributed by atoms with van der Waals surface area (Å²) in [7, 11) is 0. The highest BCUT2D eigenvalue weighted by molar-refractivity contribution is 14.1. The summed E-state index contributed by atoms with van der Waals surface area (Å²) in [6, 6.07) is 8.83. The van der Waals surface area contributed by atoms with E-state index in [1.165, 1.54) is 0 Å². The Morgan fingerprint density at radius 3 is 2.27 bits per heavy atom. The summed E-state index contributed by atoms with van der Waals surface area (Å²) in [5.74, 6) is -1.85. The average Bonchev–Trinajstić information content (AvgIpc) is 2.60. The largest absolute Gasteiger partial charge is 0.334 e. The molecule has 1 aliphatic heterocycles. The number of benzene rings is 1. The topological polar surface area (TPSA) is 16.1 Å². The zero-order chi connectivity index (χ0) is 18.8. The van der Waals surface area contributed by atoms with Gasteiger partial charge in [-0.05, 0) is 34.2 Å². The van der Waals surface area contributed by atoms with Gasteiger partial charge in [-0.3, -0.25) is 4.98 Å². The van der Waals surface area contributed by atoms with Crippen LogP contribution in [0.3, 0.4) is 0 Å². The lowest BCUT2D eigenvalue weighted by Crippen LogP contribution is -2.30. The summed E-state index contributed by atoms with van der Waals surface area (Å²) in [6.45, 7) is 3.08. The molecule has 0 bridgehead atoms. The molecular formula is C19H13F4IN2. The molecule has 0 radical (unpaired) electrons. The van der Waals surface area contributed by atoms with Crippen LogP contribution in [-0.2, 0) is 0 Å². The number of allylic oxidation sites excluding steroid dienone is 3. The number of halogens is 5. The van der Waals surface area contributed by atoms with Gasteiger partial charge >= 0.3 is 0 Å². The Morgan fingerprint density at radius 2 is 1.69 bits per heavy atom. The molecule has 0 aliphatic carbocycles. The van der Waals surface area contributed by atoms with Crippen LogP contribution in [0.2, 0.25) is 0 Å². The van der Waals surface area contributed by atoms with E-state index in [2.05, 4.69) is 11.6 Å². The van der Waals surface area contributed by atoms with Gasteiger partial charge in [0, 0.05) is 14.8 Å². The smallest absolute Gasteiger partial charge is 0.256 e. The van der Waals surface area contributed by atoms with Crippen LogP contribution in [0.15, 0.2) is 64.7 Å². The molecule has 0 unspecified atom stereocenters. The van der Waals surface area contributed by atoms with Crippen molar-refractivity contribution in [2.24, 2.45) is 0 Å². The Hall–Kier alpha value is -2.16. The van der Waals surface area contributed by atoms with E-state index in [0.29, 0.717) is 14.7 Å². The van der Waals surface area contributed by atoms with Crippen molar-refractivity contribution in [2.45, 2.75) is 6.43 Å². The Bertz CT molecular complexity index is 887. The van der Waals surface area contributed by atoms with E-state index in [1.807, 2.05) is 22.6 Å². The first-order chi connectivity index (χ1) is 12.4. The molecule has 0 N–H and O–H groups in total. The van der Waals surface area contributed by atoms with Crippen LogP contribution in [0.1, 0.15) is 11.1 Å². The van der Waals surface area contributed by atoms with E-state index < -0.39 is 30.2 Å². The summed E-state index contributed by atoms with van der Waals surface area (Å²) in [5, 5.41) is 0. The first-order valence-electron chi connectivity index (χ1n) is 7.61. The van der Waals surface area contributed by atoms with E-state index in [-0.39, 0.29) is 11.4 Å². The standard InChI is InChI=1S/C19H13F4IN2/c1-11-16(24)7-13(12-5-3-2-4-6-12)19(26(11)10-17(22)23)18-14(20)8-25-9-15(18)21/h2-9,17H,1,10H2. The zero-order valence-electron chi connectivity index (χ0n) is 13.4. The molecule has 3 rings (SSSR count).